The van der Waals surface area contributed by atoms with Gasteiger partial charge in [-0.25, -0.2) is 9.29 Å². The fourth-order valence-electron chi connectivity index (χ4n) is 4.18. The van der Waals surface area contributed by atoms with Gasteiger partial charge in [-0.15, -0.1) is 0 Å². The van der Waals surface area contributed by atoms with E-state index in [0.29, 0.717) is 17.4 Å². The lowest BCUT2D eigenvalue weighted by molar-refractivity contribution is -0.123. The molecule has 0 unspecified atom stereocenters. The summed E-state index contributed by atoms with van der Waals surface area (Å²) in [6, 6.07) is 13.2. The first kappa shape index (κ1) is 18.6. The van der Waals surface area contributed by atoms with E-state index in [9.17, 15) is 14.0 Å². The molecular formula is C22H23FN2O3. The van der Waals surface area contributed by atoms with Crippen molar-refractivity contribution in [1.82, 2.24) is 4.90 Å². The van der Waals surface area contributed by atoms with Crippen LogP contribution in [0.5, 0.6) is 5.75 Å². The third kappa shape index (κ3) is 3.52. The molecular weight excluding hydrogens is 359 g/mol. The largest absolute Gasteiger partial charge is 0.497 e. The molecule has 28 heavy (non-hydrogen) atoms. The van der Waals surface area contributed by atoms with Gasteiger partial charge in [0.25, 0.3) is 5.91 Å². The number of carbonyl (C=O) groups is 2. The molecule has 0 bridgehead atoms. The first-order valence-corrected chi connectivity index (χ1v) is 9.57. The van der Waals surface area contributed by atoms with Crippen LogP contribution >= 0.6 is 0 Å². The second-order valence-electron chi connectivity index (χ2n) is 7.35. The predicted molar refractivity (Wildman–Crippen MR) is 104 cm³/mol. The molecule has 2 heterocycles. The van der Waals surface area contributed by atoms with E-state index < -0.39 is 6.04 Å². The molecule has 2 amide bonds. The summed E-state index contributed by atoms with van der Waals surface area (Å²) < 4.78 is 18.3. The van der Waals surface area contributed by atoms with Gasteiger partial charge in [0.1, 0.15) is 11.6 Å². The van der Waals surface area contributed by atoms with E-state index in [1.54, 1.807) is 31.4 Å². The highest BCUT2D eigenvalue weighted by atomic mass is 19.1. The molecule has 2 aromatic rings. The minimum absolute atomic E-state index is 0.157. The van der Waals surface area contributed by atoms with Crippen molar-refractivity contribution in [2.24, 2.45) is 0 Å². The summed E-state index contributed by atoms with van der Waals surface area (Å²) in [5.74, 6) is 0.495. The summed E-state index contributed by atoms with van der Waals surface area (Å²) >= 11 is 0. The zero-order valence-corrected chi connectivity index (χ0v) is 15.8. The molecule has 0 aliphatic carbocycles. The highest BCUT2D eigenvalue weighted by Crippen LogP contribution is 2.32. The SMILES string of the molecule is COc1ccc(N2C(=O)C[C@@H](N3CCC(c4ccc(F)cc4)CC3)C2=O)cc1. The molecule has 2 aliphatic rings. The maximum Gasteiger partial charge on any atom is 0.251 e. The van der Waals surface area contributed by atoms with Gasteiger partial charge < -0.3 is 4.74 Å². The number of carbonyl (C=O) groups excluding carboxylic acids is 2. The van der Waals surface area contributed by atoms with E-state index >= 15 is 0 Å². The van der Waals surface area contributed by atoms with Crippen molar-refractivity contribution < 1.29 is 18.7 Å². The number of piperidine rings is 1. The highest BCUT2D eigenvalue weighted by molar-refractivity contribution is 6.22. The minimum Gasteiger partial charge on any atom is -0.497 e. The summed E-state index contributed by atoms with van der Waals surface area (Å²) in [4.78, 5) is 28.9. The molecule has 6 heteroatoms. The highest BCUT2D eigenvalue weighted by Gasteiger charge is 2.43. The van der Waals surface area contributed by atoms with Gasteiger partial charge in [-0.3, -0.25) is 14.5 Å². The molecule has 0 saturated carbocycles. The molecule has 2 aromatic carbocycles. The lowest BCUT2D eigenvalue weighted by Crippen LogP contribution is -2.45. The minimum atomic E-state index is -0.399. The predicted octanol–water partition coefficient (Wildman–Crippen LogP) is 3.35. The summed E-state index contributed by atoms with van der Waals surface area (Å²) in [7, 11) is 1.58. The smallest absolute Gasteiger partial charge is 0.251 e. The van der Waals surface area contributed by atoms with Crippen molar-refractivity contribution in [2.75, 3.05) is 25.1 Å². The van der Waals surface area contributed by atoms with Gasteiger partial charge in [-0.1, -0.05) is 12.1 Å². The molecule has 0 aromatic heterocycles. The summed E-state index contributed by atoms with van der Waals surface area (Å²) in [6.07, 6.45) is 2.00. The molecule has 0 N–H and O–H groups in total. The van der Waals surface area contributed by atoms with E-state index in [4.69, 9.17) is 4.74 Å². The molecule has 1 atom stereocenters. The third-order valence-electron chi connectivity index (χ3n) is 5.77. The first-order chi connectivity index (χ1) is 13.6. The van der Waals surface area contributed by atoms with Crippen molar-refractivity contribution in [2.45, 2.75) is 31.2 Å². The van der Waals surface area contributed by atoms with Gasteiger partial charge in [0.05, 0.1) is 25.3 Å². The van der Waals surface area contributed by atoms with Crippen molar-refractivity contribution in [1.29, 1.82) is 0 Å². The number of likely N-dealkylation sites (tertiary alicyclic amines) is 1. The lowest BCUT2D eigenvalue weighted by atomic mass is 9.89. The van der Waals surface area contributed by atoms with Crippen LogP contribution in [-0.2, 0) is 9.59 Å². The van der Waals surface area contributed by atoms with Gasteiger partial charge in [-0.2, -0.15) is 0 Å². The topological polar surface area (TPSA) is 49.9 Å². The number of nitrogens with zero attached hydrogens (tertiary/aromatic N) is 2. The number of imide groups is 1. The van der Waals surface area contributed by atoms with Crippen molar-refractivity contribution in [3.05, 3.63) is 59.9 Å². The third-order valence-corrected chi connectivity index (χ3v) is 5.77. The van der Waals surface area contributed by atoms with Gasteiger partial charge in [0, 0.05) is 0 Å². The number of rotatable bonds is 4. The number of methoxy groups -OCH3 is 1. The van der Waals surface area contributed by atoms with Crippen LogP contribution in [0.15, 0.2) is 48.5 Å². The van der Waals surface area contributed by atoms with Crippen molar-refractivity contribution >= 4 is 17.5 Å². The molecule has 2 saturated heterocycles. The lowest BCUT2D eigenvalue weighted by Gasteiger charge is -2.35. The standard InChI is InChI=1S/C22H23FN2O3/c1-28-19-8-6-18(7-9-19)25-21(26)14-20(22(25)27)24-12-10-16(11-13-24)15-2-4-17(23)5-3-15/h2-9,16,20H,10-14H2,1H3/t20-/m1/s1. The van der Waals surface area contributed by atoms with Crippen LogP contribution in [-0.4, -0.2) is 43.0 Å². The molecule has 2 aliphatic heterocycles. The van der Waals surface area contributed by atoms with E-state index in [1.807, 2.05) is 12.1 Å². The number of anilines is 1. The van der Waals surface area contributed by atoms with E-state index in [1.165, 1.54) is 17.0 Å². The van der Waals surface area contributed by atoms with Crippen LogP contribution in [0.25, 0.3) is 0 Å². The summed E-state index contributed by atoms with van der Waals surface area (Å²) in [6.45, 7) is 1.50. The average molecular weight is 382 g/mol. The van der Waals surface area contributed by atoms with Crippen LogP contribution in [0.1, 0.15) is 30.7 Å². The monoisotopic (exact) mass is 382 g/mol. The Hall–Kier alpha value is -2.73. The average Bonchev–Trinajstić information content (AvgIpc) is 3.03. The zero-order chi connectivity index (χ0) is 19.7. The molecule has 0 radical (unpaired) electrons. The van der Waals surface area contributed by atoms with E-state index in [0.717, 1.165) is 31.5 Å². The normalized spacial score (nSPS) is 21.4. The second-order valence-corrected chi connectivity index (χ2v) is 7.35. The number of hydrogen-bond acceptors (Lipinski definition) is 4. The quantitative estimate of drug-likeness (QED) is 0.761. The first-order valence-electron chi connectivity index (χ1n) is 9.57. The maximum atomic E-state index is 13.1. The van der Waals surface area contributed by atoms with Crippen LogP contribution in [0, 0.1) is 5.82 Å². The number of hydrogen-bond donors (Lipinski definition) is 0. The number of benzene rings is 2. The van der Waals surface area contributed by atoms with Gasteiger partial charge in [0.15, 0.2) is 0 Å². The Kier molecular flexibility index (Phi) is 5.13. The summed E-state index contributed by atoms with van der Waals surface area (Å²) in [5, 5.41) is 0. The van der Waals surface area contributed by atoms with E-state index in [2.05, 4.69) is 4.90 Å². The molecule has 0 spiro atoms. The van der Waals surface area contributed by atoms with Gasteiger partial charge in [0.2, 0.25) is 5.91 Å². The Balaban J connectivity index is 1.42. The van der Waals surface area contributed by atoms with E-state index in [-0.39, 0.29) is 24.1 Å². The van der Waals surface area contributed by atoms with Crippen LogP contribution in [0.3, 0.4) is 0 Å². The van der Waals surface area contributed by atoms with Crippen molar-refractivity contribution in [3.63, 3.8) is 0 Å². The van der Waals surface area contributed by atoms with Gasteiger partial charge >= 0.3 is 0 Å². The molecule has 2 fully saturated rings. The maximum absolute atomic E-state index is 13.1. The Labute approximate surface area is 163 Å². The number of halogens is 1. The Morgan fingerprint density at radius 3 is 2.21 bits per heavy atom. The molecule has 4 rings (SSSR count). The summed E-state index contributed by atoms with van der Waals surface area (Å²) in [5.41, 5.74) is 1.72. The zero-order valence-electron chi connectivity index (χ0n) is 15.8. The van der Waals surface area contributed by atoms with Crippen molar-refractivity contribution in [3.8, 4) is 5.75 Å². The Bertz CT molecular complexity index is 858. The number of ether oxygens (including phenoxy) is 1. The van der Waals surface area contributed by atoms with Crippen LogP contribution in [0.4, 0.5) is 10.1 Å². The molecule has 146 valence electrons. The Morgan fingerprint density at radius 1 is 0.964 bits per heavy atom. The second kappa shape index (κ2) is 7.72. The molecule has 5 nitrogen and oxygen atoms in total. The van der Waals surface area contributed by atoms with Crippen LogP contribution in [0.2, 0.25) is 0 Å². The fourth-order valence-corrected chi connectivity index (χ4v) is 4.18. The van der Waals surface area contributed by atoms with Crippen LogP contribution < -0.4 is 9.64 Å². The Morgan fingerprint density at radius 2 is 1.61 bits per heavy atom. The van der Waals surface area contributed by atoms with Gasteiger partial charge in [-0.05, 0) is 73.8 Å². The number of amides is 2. The fraction of sp³-hybridized carbons (Fsp3) is 0.364.